The molecule has 0 bridgehead atoms. The van der Waals surface area contributed by atoms with Gasteiger partial charge in [0.25, 0.3) is 0 Å². The van der Waals surface area contributed by atoms with Gasteiger partial charge in [0.2, 0.25) is 5.91 Å². The Bertz CT molecular complexity index is 620. The fourth-order valence-electron chi connectivity index (χ4n) is 2.23. The van der Waals surface area contributed by atoms with E-state index in [0.717, 1.165) is 16.9 Å². The first-order chi connectivity index (χ1) is 11.7. The third-order valence-electron chi connectivity index (χ3n) is 3.58. The molecule has 0 fully saturated rings. The molecule has 0 aliphatic carbocycles. The smallest absolute Gasteiger partial charge is 0.237 e. The standard InChI is InChI=1S/C19H24N2O3.ClH/c1-23-11-12-24-17-9-7-16(8-10-17)14-21-19(22)18(20)13-15-5-3-2-4-6-15;/h2-10,18H,11-14,20H2,1H3,(H,21,22);1H/t18-;/m0./s1. The Balaban J connectivity index is 0.00000312. The number of hydrogen-bond donors (Lipinski definition) is 2. The number of amides is 1. The lowest BCUT2D eigenvalue weighted by atomic mass is 10.1. The summed E-state index contributed by atoms with van der Waals surface area (Å²) in [7, 11) is 1.64. The molecule has 0 saturated carbocycles. The zero-order valence-corrected chi connectivity index (χ0v) is 15.1. The van der Waals surface area contributed by atoms with Crippen molar-refractivity contribution in [2.24, 2.45) is 5.73 Å². The lowest BCUT2D eigenvalue weighted by Crippen LogP contribution is -2.41. The van der Waals surface area contributed by atoms with Crippen LogP contribution in [0.25, 0.3) is 0 Å². The molecule has 0 heterocycles. The highest BCUT2D eigenvalue weighted by Crippen LogP contribution is 2.12. The van der Waals surface area contributed by atoms with Crippen LogP contribution < -0.4 is 15.8 Å². The predicted octanol–water partition coefficient (Wildman–Crippen LogP) is 2.32. The van der Waals surface area contributed by atoms with Gasteiger partial charge in [-0.15, -0.1) is 12.4 Å². The van der Waals surface area contributed by atoms with Crippen molar-refractivity contribution in [2.45, 2.75) is 19.0 Å². The van der Waals surface area contributed by atoms with Gasteiger partial charge in [-0.25, -0.2) is 0 Å². The number of ether oxygens (including phenoxy) is 2. The minimum atomic E-state index is -0.552. The summed E-state index contributed by atoms with van der Waals surface area (Å²) in [5.74, 6) is 0.627. The lowest BCUT2D eigenvalue weighted by molar-refractivity contribution is -0.122. The number of carbonyl (C=O) groups excluding carboxylic acids is 1. The predicted molar refractivity (Wildman–Crippen MR) is 101 cm³/mol. The van der Waals surface area contributed by atoms with Crippen LogP contribution in [0.3, 0.4) is 0 Å². The van der Waals surface area contributed by atoms with E-state index in [4.69, 9.17) is 15.2 Å². The van der Waals surface area contributed by atoms with Crippen LogP contribution in [0.2, 0.25) is 0 Å². The summed E-state index contributed by atoms with van der Waals surface area (Å²) >= 11 is 0. The first kappa shape index (κ1) is 21.0. The molecule has 0 saturated heterocycles. The number of methoxy groups -OCH3 is 1. The Morgan fingerprint density at radius 1 is 1.04 bits per heavy atom. The third-order valence-corrected chi connectivity index (χ3v) is 3.58. The first-order valence-electron chi connectivity index (χ1n) is 7.97. The van der Waals surface area contributed by atoms with E-state index in [1.807, 2.05) is 54.6 Å². The van der Waals surface area contributed by atoms with E-state index >= 15 is 0 Å². The normalized spacial score (nSPS) is 11.3. The topological polar surface area (TPSA) is 73.6 Å². The molecular formula is C19H25ClN2O3. The van der Waals surface area contributed by atoms with Gasteiger partial charge in [-0.3, -0.25) is 4.79 Å². The van der Waals surface area contributed by atoms with Gasteiger partial charge < -0.3 is 20.5 Å². The average molecular weight is 365 g/mol. The molecule has 0 spiro atoms. The van der Waals surface area contributed by atoms with Gasteiger partial charge in [-0.2, -0.15) is 0 Å². The molecule has 0 unspecified atom stereocenters. The number of hydrogen-bond acceptors (Lipinski definition) is 4. The van der Waals surface area contributed by atoms with Crippen molar-refractivity contribution >= 4 is 18.3 Å². The quantitative estimate of drug-likeness (QED) is 0.670. The maximum atomic E-state index is 12.1. The van der Waals surface area contributed by atoms with Crippen LogP contribution in [-0.4, -0.2) is 32.3 Å². The van der Waals surface area contributed by atoms with E-state index in [-0.39, 0.29) is 18.3 Å². The Morgan fingerprint density at radius 3 is 2.36 bits per heavy atom. The molecule has 5 nitrogen and oxygen atoms in total. The molecule has 6 heteroatoms. The van der Waals surface area contributed by atoms with Gasteiger partial charge in [-0.1, -0.05) is 42.5 Å². The van der Waals surface area contributed by atoms with Crippen LogP contribution in [0.15, 0.2) is 54.6 Å². The molecule has 1 atom stereocenters. The van der Waals surface area contributed by atoms with E-state index < -0.39 is 6.04 Å². The van der Waals surface area contributed by atoms with Crippen molar-refractivity contribution in [3.05, 3.63) is 65.7 Å². The van der Waals surface area contributed by atoms with Crippen LogP contribution in [0, 0.1) is 0 Å². The van der Waals surface area contributed by atoms with Gasteiger partial charge >= 0.3 is 0 Å². The van der Waals surface area contributed by atoms with Crippen LogP contribution in [0.1, 0.15) is 11.1 Å². The fourth-order valence-corrected chi connectivity index (χ4v) is 2.23. The minimum Gasteiger partial charge on any atom is -0.491 e. The van der Waals surface area contributed by atoms with Crippen molar-refractivity contribution in [3.63, 3.8) is 0 Å². The van der Waals surface area contributed by atoms with Gasteiger partial charge in [-0.05, 0) is 29.7 Å². The van der Waals surface area contributed by atoms with Crippen molar-refractivity contribution < 1.29 is 14.3 Å². The van der Waals surface area contributed by atoms with E-state index in [9.17, 15) is 4.79 Å². The Kier molecular flexibility index (Phi) is 9.62. The van der Waals surface area contributed by atoms with Gasteiger partial charge in [0.1, 0.15) is 12.4 Å². The van der Waals surface area contributed by atoms with Crippen LogP contribution in [-0.2, 0) is 22.5 Å². The summed E-state index contributed by atoms with van der Waals surface area (Å²) in [4.78, 5) is 12.1. The molecule has 2 aromatic rings. The molecule has 0 radical (unpaired) electrons. The van der Waals surface area contributed by atoms with Crippen LogP contribution >= 0.6 is 12.4 Å². The zero-order valence-electron chi connectivity index (χ0n) is 14.3. The molecule has 136 valence electrons. The monoisotopic (exact) mass is 364 g/mol. The third kappa shape index (κ3) is 7.56. The number of nitrogens with two attached hydrogens (primary N) is 1. The summed E-state index contributed by atoms with van der Waals surface area (Å²) in [6, 6.07) is 16.8. The van der Waals surface area contributed by atoms with Crippen LogP contribution in [0.5, 0.6) is 5.75 Å². The first-order valence-corrected chi connectivity index (χ1v) is 7.97. The van der Waals surface area contributed by atoms with E-state index in [2.05, 4.69) is 5.32 Å². The Labute approximate surface area is 154 Å². The number of benzene rings is 2. The molecule has 0 aliphatic rings. The summed E-state index contributed by atoms with van der Waals surface area (Å²) in [5.41, 5.74) is 8.01. The number of halogens is 1. The molecule has 3 N–H and O–H groups in total. The molecule has 0 aliphatic heterocycles. The molecule has 2 aromatic carbocycles. The minimum absolute atomic E-state index is 0. The second-order valence-electron chi connectivity index (χ2n) is 5.50. The second-order valence-corrected chi connectivity index (χ2v) is 5.50. The van der Waals surface area contributed by atoms with Gasteiger partial charge in [0, 0.05) is 13.7 Å². The van der Waals surface area contributed by atoms with E-state index in [0.29, 0.717) is 26.2 Å². The fraction of sp³-hybridized carbons (Fsp3) is 0.316. The number of nitrogens with one attached hydrogen (secondary N) is 1. The van der Waals surface area contributed by atoms with Crippen molar-refractivity contribution in [1.82, 2.24) is 5.32 Å². The highest BCUT2D eigenvalue weighted by Gasteiger charge is 2.13. The zero-order chi connectivity index (χ0) is 17.2. The van der Waals surface area contributed by atoms with Gasteiger partial charge in [0.15, 0.2) is 0 Å². The Hall–Kier alpha value is -2.08. The maximum Gasteiger partial charge on any atom is 0.237 e. The molecular weight excluding hydrogens is 340 g/mol. The summed E-state index contributed by atoms with van der Waals surface area (Å²) in [6.07, 6.45) is 0.527. The SMILES string of the molecule is COCCOc1ccc(CNC(=O)[C@@H](N)Cc2ccccc2)cc1.Cl. The Morgan fingerprint density at radius 2 is 1.72 bits per heavy atom. The highest BCUT2D eigenvalue weighted by molar-refractivity contribution is 5.85. The molecule has 0 aromatic heterocycles. The van der Waals surface area contributed by atoms with Crippen molar-refractivity contribution in [3.8, 4) is 5.75 Å². The summed E-state index contributed by atoms with van der Waals surface area (Å²) in [5, 5.41) is 2.87. The highest BCUT2D eigenvalue weighted by atomic mass is 35.5. The second kappa shape index (κ2) is 11.5. The molecule has 25 heavy (non-hydrogen) atoms. The van der Waals surface area contributed by atoms with Crippen LogP contribution in [0.4, 0.5) is 0 Å². The maximum absolute atomic E-state index is 12.1. The molecule has 1 amide bonds. The van der Waals surface area contributed by atoms with Crippen molar-refractivity contribution in [2.75, 3.05) is 20.3 Å². The van der Waals surface area contributed by atoms with E-state index in [1.54, 1.807) is 7.11 Å². The number of rotatable bonds is 9. The number of carbonyl (C=O) groups is 1. The average Bonchev–Trinajstić information content (AvgIpc) is 2.62. The van der Waals surface area contributed by atoms with E-state index in [1.165, 1.54) is 0 Å². The lowest BCUT2D eigenvalue weighted by Gasteiger charge is -2.13. The largest absolute Gasteiger partial charge is 0.491 e. The summed E-state index contributed by atoms with van der Waals surface area (Å²) in [6.45, 7) is 1.51. The summed E-state index contributed by atoms with van der Waals surface area (Å²) < 4.78 is 10.4. The molecule has 2 rings (SSSR count). The van der Waals surface area contributed by atoms with Gasteiger partial charge in [0.05, 0.1) is 12.6 Å². The van der Waals surface area contributed by atoms with Crippen molar-refractivity contribution in [1.29, 1.82) is 0 Å².